The molecule has 1 atom stereocenters. The molecule has 0 aliphatic heterocycles. The quantitative estimate of drug-likeness (QED) is 0.826. The molecule has 0 aromatic heterocycles. The zero-order chi connectivity index (χ0) is 15.9. The van der Waals surface area contributed by atoms with Gasteiger partial charge in [-0.05, 0) is 46.9 Å². The topological polar surface area (TPSA) is 61.3 Å². The van der Waals surface area contributed by atoms with Gasteiger partial charge in [0.1, 0.15) is 18.5 Å². The molecule has 3 nitrogen and oxygen atoms in total. The Balaban J connectivity index is 2.30. The molecule has 22 heavy (non-hydrogen) atoms. The maximum Gasteiger partial charge on any atom is 0.146 e. The fourth-order valence-electron chi connectivity index (χ4n) is 2.25. The highest BCUT2D eigenvalue weighted by Gasteiger charge is 2.08. The second-order valence-corrected chi connectivity index (χ2v) is 5.27. The van der Waals surface area contributed by atoms with Crippen LogP contribution < -0.4 is 16.2 Å². The summed E-state index contributed by atoms with van der Waals surface area (Å²) in [5.74, 6) is 0.670. The molecule has 4 heteroatoms. The number of benzene rings is 2. The van der Waals surface area contributed by atoms with Gasteiger partial charge in [-0.3, -0.25) is 0 Å². The van der Waals surface area contributed by atoms with Crippen LogP contribution in [0.4, 0.5) is 4.39 Å². The third-order valence-corrected chi connectivity index (χ3v) is 3.56. The Hall–Kier alpha value is -1.91. The Labute approximate surface area is 131 Å². The molecule has 118 valence electrons. The summed E-state index contributed by atoms with van der Waals surface area (Å²) in [6.07, 6.45) is -0.259. The van der Waals surface area contributed by atoms with Crippen molar-refractivity contribution in [3.63, 3.8) is 0 Å². The highest BCUT2D eigenvalue weighted by Crippen LogP contribution is 2.27. The van der Waals surface area contributed by atoms with Gasteiger partial charge in [-0.2, -0.15) is 0 Å². The Morgan fingerprint density at radius 2 is 1.82 bits per heavy atom. The lowest BCUT2D eigenvalue weighted by Gasteiger charge is -2.13. The minimum absolute atomic E-state index is 0.0219. The second-order valence-electron chi connectivity index (χ2n) is 5.27. The SMILES string of the molecule is CCc1cc(OC[C@H](F)CN)cc(-c2cccc(CN)c2)c1. The number of aryl methyl sites for hydroxylation is 1. The maximum atomic E-state index is 13.3. The number of alkyl halides is 1. The van der Waals surface area contributed by atoms with Crippen molar-refractivity contribution < 1.29 is 9.13 Å². The van der Waals surface area contributed by atoms with Gasteiger partial charge >= 0.3 is 0 Å². The van der Waals surface area contributed by atoms with Crippen LogP contribution in [0.25, 0.3) is 11.1 Å². The Bertz CT molecular complexity index is 616. The van der Waals surface area contributed by atoms with Crippen molar-refractivity contribution in [2.75, 3.05) is 13.2 Å². The summed E-state index contributed by atoms with van der Waals surface area (Å²) in [7, 11) is 0. The zero-order valence-corrected chi connectivity index (χ0v) is 12.9. The summed E-state index contributed by atoms with van der Waals surface area (Å²) in [5.41, 5.74) is 15.3. The minimum Gasteiger partial charge on any atom is -0.490 e. The molecule has 0 saturated heterocycles. The molecule has 0 heterocycles. The van der Waals surface area contributed by atoms with E-state index in [1.165, 1.54) is 0 Å². The molecule has 2 aromatic carbocycles. The van der Waals surface area contributed by atoms with E-state index >= 15 is 0 Å². The number of halogens is 1. The first-order valence-electron chi connectivity index (χ1n) is 7.56. The van der Waals surface area contributed by atoms with Crippen molar-refractivity contribution in [2.24, 2.45) is 11.5 Å². The van der Waals surface area contributed by atoms with Crippen molar-refractivity contribution in [1.82, 2.24) is 0 Å². The van der Waals surface area contributed by atoms with E-state index in [1.807, 2.05) is 30.3 Å². The molecule has 2 aromatic rings. The van der Waals surface area contributed by atoms with Gasteiger partial charge in [0.25, 0.3) is 0 Å². The predicted molar refractivity (Wildman–Crippen MR) is 88.6 cm³/mol. The van der Waals surface area contributed by atoms with Crippen molar-refractivity contribution >= 4 is 0 Å². The number of rotatable bonds is 7. The smallest absolute Gasteiger partial charge is 0.146 e. The minimum atomic E-state index is -1.14. The van der Waals surface area contributed by atoms with E-state index in [0.29, 0.717) is 12.3 Å². The molecule has 0 spiro atoms. The molecule has 0 aliphatic rings. The monoisotopic (exact) mass is 302 g/mol. The third-order valence-electron chi connectivity index (χ3n) is 3.56. The molecule has 0 radical (unpaired) electrons. The fourth-order valence-corrected chi connectivity index (χ4v) is 2.25. The van der Waals surface area contributed by atoms with Crippen LogP contribution in [0.5, 0.6) is 5.75 Å². The molecule has 0 unspecified atom stereocenters. The molecule has 4 N–H and O–H groups in total. The van der Waals surface area contributed by atoms with Gasteiger partial charge in [-0.25, -0.2) is 4.39 Å². The van der Waals surface area contributed by atoms with Crippen molar-refractivity contribution in [3.8, 4) is 16.9 Å². The first-order chi connectivity index (χ1) is 10.7. The van der Waals surface area contributed by atoms with E-state index in [9.17, 15) is 4.39 Å². The van der Waals surface area contributed by atoms with Gasteiger partial charge in [0.2, 0.25) is 0 Å². The number of nitrogens with two attached hydrogens (primary N) is 2. The summed E-state index contributed by atoms with van der Waals surface area (Å²) in [4.78, 5) is 0. The second kappa shape index (κ2) is 7.92. The summed E-state index contributed by atoms with van der Waals surface area (Å²) in [5, 5.41) is 0. The van der Waals surface area contributed by atoms with Crippen LogP contribution in [-0.2, 0) is 13.0 Å². The van der Waals surface area contributed by atoms with E-state index in [-0.39, 0.29) is 13.2 Å². The molecule has 0 aliphatic carbocycles. The molecular weight excluding hydrogens is 279 g/mol. The van der Waals surface area contributed by atoms with E-state index in [2.05, 4.69) is 19.1 Å². The largest absolute Gasteiger partial charge is 0.490 e. The van der Waals surface area contributed by atoms with Crippen molar-refractivity contribution in [3.05, 3.63) is 53.6 Å². The van der Waals surface area contributed by atoms with Gasteiger partial charge in [0.05, 0.1) is 0 Å². The van der Waals surface area contributed by atoms with Gasteiger partial charge in [-0.1, -0.05) is 31.2 Å². The van der Waals surface area contributed by atoms with Gasteiger partial charge in [-0.15, -0.1) is 0 Å². The van der Waals surface area contributed by atoms with Crippen LogP contribution in [0.2, 0.25) is 0 Å². The number of hydrogen-bond donors (Lipinski definition) is 2. The van der Waals surface area contributed by atoms with Gasteiger partial charge in [0.15, 0.2) is 0 Å². The van der Waals surface area contributed by atoms with Gasteiger partial charge in [0, 0.05) is 13.1 Å². The Morgan fingerprint density at radius 3 is 2.50 bits per heavy atom. The zero-order valence-electron chi connectivity index (χ0n) is 12.9. The van der Waals surface area contributed by atoms with Crippen LogP contribution in [0.15, 0.2) is 42.5 Å². The lowest BCUT2D eigenvalue weighted by atomic mass is 10.00. The lowest BCUT2D eigenvalue weighted by molar-refractivity contribution is 0.201. The summed E-state index contributed by atoms with van der Waals surface area (Å²) < 4.78 is 18.8. The van der Waals surface area contributed by atoms with Crippen molar-refractivity contribution in [1.29, 1.82) is 0 Å². The normalized spacial score (nSPS) is 12.2. The number of hydrogen-bond acceptors (Lipinski definition) is 3. The van der Waals surface area contributed by atoms with E-state index in [0.717, 1.165) is 28.7 Å². The highest BCUT2D eigenvalue weighted by molar-refractivity contribution is 5.67. The van der Waals surface area contributed by atoms with E-state index in [4.69, 9.17) is 16.2 Å². The fraction of sp³-hybridized carbons (Fsp3) is 0.333. The first-order valence-corrected chi connectivity index (χ1v) is 7.56. The predicted octanol–water partition coefficient (Wildman–Crippen LogP) is 3.05. The van der Waals surface area contributed by atoms with E-state index in [1.54, 1.807) is 0 Å². The average Bonchev–Trinajstić information content (AvgIpc) is 2.59. The average molecular weight is 302 g/mol. The Kier molecular flexibility index (Phi) is 5.92. The summed E-state index contributed by atoms with van der Waals surface area (Å²) >= 11 is 0. The van der Waals surface area contributed by atoms with Crippen LogP contribution in [0.3, 0.4) is 0 Å². The molecular formula is C18H23FN2O. The molecule has 0 amide bonds. The standard InChI is InChI=1S/C18H23FN2O/c1-2-13-6-16(15-5-3-4-14(7-15)10-20)9-18(8-13)22-12-17(19)11-21/h3-9,17H,2,10-12,20-21H2,1H3/t17-/m1/s1. The van der Waals surface area contributed by atoms with Crippen LogP contribution in [0, 0.1) is 0 Å². The van der Waals surface area contributed by atoms with Crippen LogP contribution >= 0.6 is 0 Å². The maximum absolute atomic E-state index is 13.3. The molecule has 2 rings (SSSR count). The highest BCUT2D eigenvalue weighted by atomic mass is 19.1. The summed E-state index contributed by atoms with van der Waals surface area (Å²) in [6, 6.07) is 14.1. The summed E-state index contributed by atoms with van der Waals surface area (Å²) in [6.45, 7) is 2.53. The molecule has 0 bridgehead atoms. The lowest BCUT2D eigenvalue weighted by Crippen LogP contribution is -2.22. The first kappa shape index (κ1) is 16.5. The molecule has 0 saturated carbocycles. The van der Waals surface area contributed by atoms with Crippen LogP contribution in [-0.4, -0.2) is 19.3 Å². The van der Waals surface area contributed by atoms with E-state index < -0.39 is 6.17 Å². The van der Waals surface area contributed by atoms with Crippen molar-refractivity contribution in [2.45, 2.75) is 26.1 Å². The Morgan fingerprint density at radius 1 is 1.05 bits per heavy atom. The molecule has 0 fully saturated rings. The van der Waals surface area contributed by atoms with Crippen LogP contribution in [0.1, 0.15) is 18.1 Å². The number of ether oxygens (including phenoxy) is 1. The third kappa shape index (κ3) is 4.29. The van der Waals surface area contributed by atoms with Gasteiger partial charge < -0.3 is 16.2 Å².